The molecule has 0 unspecified atom stereocenters. The number of aromatic nitrogens is 1. The number of halogens is 1. The summed E-state index contributed by atoms with van der Waals surface area (Å²) in [5.74, 6) is 0.997. The highest BCUT2D eigenvalue weighted by Crippen LogP contribution is 2.39. The van der Waals surface area contributed by atoms with Crippen LogP contribution in [-0.2, 0) is 6.61 Å². The number of nitrogens with zero attached hydrogens (tertiary/aromatic N) is 1. The monoisotopic (exact) mass is 329 g/mol. The Balaban J connectivity index is 2.19. The fraction of sp³-hybridized carbons (Fsp3) is 0.167. The van der Waals surface area contributed by atoms with E-state index in [9.17, 15) is 9.50 Å². The molecule has 1 N–H and O–H groups in total. The third-order valence-electron chi connectivity index (χ3n) is 3.73. The molecule has 2 aromatic carbocycles. The van der Waals surface area contributed by atoms with Gasteiger partial charge in [-0.25, -0.2) is 4.39 Å². The van der Waals surface area contributed by atoms with Crippen molar-refractivity contribution in [3.63, 3.8) is 0 Å². The molecule has 1 aromatic heterocycles. The van der Waals surface area contributed by atoms with Crippen molar-refractivity contribution in [2.75, 3.05) is 14.2 Å². The number of hydrogen-bond acceptors (Lipinski definition) is 5. The number of ether oxygens (including phenoxy) is 2. The predicted molar refractivity (Wildman–Crippen MR) is 86.4 cm³/mol. The van der Waals surface area contributed by atoms with E-state index < -0.39 is 5.82 Å². The van der Waals surface area contributed by atoms with Gasteiger partial charge in [0, 0.05) is 5.56 Å². The largest absolute Gasteiger partial charge is 0.497 e. The third kappa shape index (κ3) is 2.72. The Bertz CT molecular complexity index is 860. The van der Waals surface area contributed by atoms with Crippen molar-refractivity contribution in [3.05, 3.63) is 53.8 Å². The Morgan fingerprint density at radius 1 is 1.08 bits per heavy atom. The Morgan fingerprint density at radius 3 is 2.54 bits per heavy atom. The topological polar surface area (TPSA) is 64.7 Å². The second-order valence-electron chi connectivity index (χ2n) is 5.04. The lowest BCUT2D eigenvalue weighted by molar-refractivity contribution is 0.281. The molecule has 0 saturated heterocycles. The Labute approximate surface area is 138 Å². The summed E-state index contributed by atoms with van der Waals surface area (Å²) in [6.07, 6.45) is 0. The van der Waals surface area contributed by atoms with Crippen LogP contribution in [0.5, 0.6) is 11.5 Å². The van der Waals surface area contributed by atoms with E-state index in [-0.39, 0.29) is 17.9 Å². The summed E-state index contributed by atoms with van der Waals surface area (Å²) in [5.41, 5.74) is 1.47. The first-order valence-electron chi connectivity index (χ1n) is 7.26. The van der Waals surface area contributed by atoms with Crippen molar-refractivity contribution in [1.82, 2.24) is 5.16 Å². The van der Waals surface area contributed by atoms with Crippen LogP contribution in [0.15, 0.2) is 47.0 Å². The van der Waals surface area contributed by atoms with E-state index in [2.05, 4.69) is 5.16 Å². The summed E-state index contributed by atoms with van der Waals surface area (Å²) in [4.78, 5) is 0. The molecule has 3 rings (SSSR count). The molecule has 0 aliphatic heterocycles. The molecule has 24 heavy (non-hydrogen) atoms. The normalized spacial score (nSPS) is 10.7. The number of aliphatic hydroxyl groups is 1. The molecule has 1 heterocycles. The second kappa shape index (κ2) is 6.72. The Morgan fingerprint density at radius 2 is 1.88 bits per heavy atom. The first-order valence-corrected chi connectivity index (χ1v) is 7.26. The molecule has 0 amide bonds. The molecule has 0 saturated carbocycles. The van der Waals surface area contributed by atoms with E-state index in [4.69, 9.17) is 14.0 Å². The first-order chi connectivity index (χ1) is 11.7. The molecule has 0 aliphatic carbocycles. The summed E-state index contributed by atoms with van der Waals surface area (Å²) >= 11 is 0. The molecule has 3 aromatic rings. The number of aliphatic hydroxyl groups excluding tert-OH is 1. The van der Waals surface area contributed by atoms with Crippen LogP contribution in [0.3, 0.4) is 0 Å². The lowest BCUT2D eigenvalue weighted by atomic mass is 10.0. The molecular formula is C18H16FNO4. The zero-order chi connectivity index (χ0) is 17.1. The number of benzene rings is 2. The van der Waals surface area contributed by atoms with Crippen molar-refractivity contribution in [2.24, 2.45) is 0 Å². The molecule has 0 atom stereocenters. The van der Waals surface area contributed by atoms with Gasteiger partial charge in [0.05, 0.1) is 32.0 Å². The minimum absolute atomic E-state index is 0.260. The molecule has 0 spiro atoms. The quantitative estimate of drug-likeness (QED) is 0.774. The lowest BCUT2D eigenvalue weighted by Gasteiger charge is -2.09. The zero-order valence-electron chi connectivity index (χ0n) is 13.2. The highest BCUT2D eigenvalue weighted by molar-refractivity contribution is 5.76. The fourth-order valence-corrected chi connectivity index (χ4v) is 2.52. The smallest absolute Gasteiger partial charge is 0.176 e. The second-order valence-corrected chi connectivity index (χ2v) is 5.04. The summed E-state index contributed by atoms with van der Waals surface area (Å²) < 4.78 is 30.0. The summed E-state index contributed by atoms with van der Waals surface area (Å²) in [7, 11) is 3.07. The predicted octanol–water partition coefficient (Wildman–Crippen LogP) is 3.66. The van der Waals surface area contributed by atoms with Crippen molar-refractivity contribution in [2.45, 2.75) is 6.61 Å². The zero-order valence-corrected chi connectivity index (χ0v) is 13.2. The fourth-order valence-electron chi connectivity index (χ4n) is 2.52. The highest BCUT2D eigenvalue weighted by atomic mass is 19.1. The van der Waals surface area contributed by atoms with Gasteiger partial charge in [-0.1, -0.05) is 17.3 Å². The van der Waals surface area contributed by atoms with Gasteiger partial charge in [0.1, 0.15) is 23.0 Å². The third-order valence-corrected chi connectivity index (χ3v) is 3.73. The van der Waals surface area contributed by atoms with Gasteiger partial charge in [-0.15, -0.1) is 0 Å². The maximum absolute atomic E-state index is 14.1. The van der Waals surface area contributed by atoms with Crippen LogP contribution in [0, 0.1) is 5.82 Å². The van der Waals surface area contributed by atoms with Crippen molar-refractivity contribution < 1.29 is 23.5 Å². The summed E-state index contributed by atoms with van der Waals surface area (Å²) in [6, 6.07) is 11.4. The maximum Gasteiger partial charge on any atom is 0.176 e. The number of methoxy groups -OCH3 is 2. The van der Waals surface area contributed by atoms with Gasteiger partial charge in [0.15, 0.2) is 5.76 Å². The molecule has 0 fully saturated rings. The van der Waals surface area contributed by atoms with Crippen LogP contribution < -0.4 is 9.47 Å². The van der Waals surface area contributed by atoms with Crippen LogP contribution in [0.2, 0.25) is 0 Å². The molecule has 0 bridgehead atoms. The molecular weight excluding hydrogens is 313 g/mol. The molecule has 6 heteroatoms. The van der Waals surface area contributed by atoms with Gasteiger partial charge in [-0.3, -0.25) is 0 Å². The average Bonchev–Trinajstić information content (AvgIpc) is 3.05. The molecule has 5 nitrogen and oxygen atoms in total. The van der Waals surface area contributed by atoms with E-state index >= 15 is 0 Å². The minimum atomic E-state index is -0.440. The van der Waals surface area contributed by atoms with E-state index in [1.807, 2.05) is 0 Å². The average molecular weight is 329 g/mol. The maximum atomic E-state index is 14.1. The highest BCUT2D eigenvalue weighted by Gasteiger charge is 2.23. The molecule has 124 valence electrons. The van der Waals surface area contributed by atoms with Crippen molar-refractivity contribution in [3.8, 4) is 34.1 Å². The van der Waals surface area contributed by atoms with E-state index in [1.54, 1.807) is 43.5 Å². The summed E-state index contributed by atoms with van der Waals surface area (Å²) in [6.45, 7) is -0.358. The molecule has 0 aliphatic rings. The van der Waals surface area contributed by atoms with Crippen molar-refractivity contribution >= 4 is 0 Å². The van der Waals surface area contributed by atoms with Gasteiger partial charge < -0.3 is 19.1 Å². The van der Waals surface area contributed by atoms with E-state index in [0.29, 0.717) is 28.4 Å². The standard InChI is InChI=1S/C18H16FNO4/c1-22-11-7-8-16(23-2)13(9-11)18-14(10-21)17(20-24-18)12-5-3-4-6-15(12)19/h3-9,21H,10H2,1-2H3. The Kier molecular flexibility index (Phi) is 4.48. The van der Waals surface area contributed by atoms with E-state index in [0.717, 1.165) is 0 Å². The van der Waals surface area contributed by atoms with Crippen LogP contribution in [0.1, 0.15) is 5.56 Å². The van der Waals surface area contributed by atoms with Crippen molar-refractivity contribution in [1.29, 1.82) is 0 Å². The van der Waals surface area contributed by atoms with Gasteiger partial charge in [-0.2, -0.15) is 0 Å². The van der Waals surface area contributed by atoms with Gasteiger partial charge in [-0.05, 0) is 30.3 Å². The lowest BCUT2D eigenvalue weighted by Crippen LogP contribution is -1.94. The minimum Gasteiger partial charge on any atom is -0.497 e. The SMILES string of the molecule is COc1ccc(OC)c(-c2onc(-c3ccccc3F)c2CO)c1. The van der Waals surface area contributed by atoms with Gasteiger partial charge in [0.2, 0.25) is 0 Å². The number of rotatable bonds is 5. The van der Waals surface area contributed by atoms with Gasteiger partial charge in [0.25, 0.3) is 0 Å². The van der Waals surface area contributed by atoms with Crippen LogP contribution >= 0.6 is 0 Å². The van der Waals surface area contributed by atoms with E-state index in [1.165, 1.54) is 13.2 Å². The Hall–Kier alpha value is -2.86. The number of hydrogen-bond donors (Lipinski definition) is 1. The van der Waals surface area contributed by atoms with Crippen LogP contribution in [0.25, 0.3) is 22.6 Å². The summed E-state index contributed by atoms with van der Waals surface area (Å²) in [5, 5.41) is 13.8. The van der Waals surface area contributed by atoms with Crippen LogP contribution in [0.4, 0.5) is 4.39 Å². The molecule has 0 radical (unpaired) electrons. The van der Waals surface area contributed by atoms with Gasteiger partial charge >= 0.3 is 0 Å². The first kappa shape index (κ1) is 16.0. The van der Waals surface area contributed by atoms with Crippen LogP contribution in [-0.4, -0.2) is 24.5 Å².